The molecule has 2 N–H and O–H groups in total. The topological polar surface area (TPSA) is 53.6 Å². The third-order valence-corrected chi connectivity index (χ3v) is 2.70. The molecule has 0 aliphatic rings. The fourth-order valence-electron chi connectivity index (χ4n) is 1.30. The molecule has 16 heavy (non-hydrogen) atoms. The number of rotatable bonds is 2. The third-order valence-electron chi connectivity index (χ3n) is 2.09. The van der Waals surface area contributed by atoms with Crippen LogP contribution < -0.4 is 5.69 Å². The molecule has 0 saturated heterocycles. The predicted octanol–water partition coefficient (Wildman–Crippen LogP) is 2.07. The highest BCUT2D eigenvalue weighted by Gasteiger charge is 2.04. The van der Waals surface area contributed by atoms with Gasteiger partial charge in [-0.05, 0) is 29.9 Å². The molecule has 0 bridgehead atoms. The lowest BCUT2D eigenvalue weighted by molar-refractivity contribution is 0.626. The Morgan fingerprint density at radius 2 is 2.19 bits per heavy atom. The number of nitrogens with one attached hydrogen (secondary N) is 2. The average Bonchev–Trinajstić information content (AvgIpc) is 2.55. The molecule has 2 aromatic rings. The summed E-state index contributed by atoms with van der Waals surface area (Å²) in [6.07, 6.45) is 0. The molecule has 7 heteroatoms. The second-order valence-electron chi connectivity index (χ2n) is 3.19. The molecule has 0 aliphatic heterocycles. The summed E-state index contributed by atoms with van der Waals surface area (Å²) in [5.41, 5.74) is 0.359. The van der Waals surface area contributed by atoms with Gasteiger partial charge in [-0.2, -0.15) is 0 Å². The average molecular weight is 260 g/mol. The number of benzene rings is 1. The Hall–Kier alpha value is -1.40. The molecular weight excluding hydrogens is 253 g/mol. The first-order chi connectivity index (χ1) is 7.58. The van der Waals surface area contributed by atoms with Gasteiger partial charge in [-0.25, -0.2) is 14.3 Å². The Balaban J connectivity index is 2.38. The summed E-state index contributed by atoms with van der Waals surface area (Å²) in [6, 6.07) is 4.27. The summed E-state index contributed by atoms with van der Waals surface area (Å²) in [5.74, 6) is -0.489. The van der Waals surface area contributed by atoms with Crippen molar-refractivity contribution in [2.24, 2.45) is 0 Å². The summed E-state index contributed by atoms with van der Waals surface area (Å²) in [7, 11) is 0. The number of nitrogens with zero attached hydrogens (tertiary/aromatic N) is 1. The van der Waals surface area contributed by atoms with E-state index >= 15 is 0 Å². The molecule has 0 unspecified atom stereocenters. The minimum absolute atomic E-state index is 0.0241. The Kier molecular flexibility index (Phi) is 2.93. The highest BCUT2D eigenvalue weighted by atomic mass is 35.5. The van der Waals surface area contributed by atoms with Gasteiger partial charge in [0.05, 0.1) is 11.6 Å². The van der Waals surface area contributed by atoms with Gasteiger partial charge in [0.1, 0.15) is 5.82 Å². The minimum atomic E-state index is -0.489. The second-order valence-corrected chi connectivity index (χ2v) is 3.99. The van der Waals surface area contributed by atoms with E-state index in [1.807, 2.05) is 0 Å². The summed E-state index contributed by atoms with van der Waals surface area (Å²) in [6.45, 7) is 0.248. The Morgan fingerprint density at radius 3 is 2.75 bits per heavy atom. The van der Waals surface area contributed by atoms with Crippen LogP contribution in [0.15, 0.2) is 23.0 Å². The van der Waals surface area contributed by atoms with E-state index in [4.69, 9.17) is 23.8 Å². The normalized spacial score (nSPS) is 10.6. The standard InChI is InChI=1S/C9H7ClFN3OS/c10-6-3-5(1-2-7(6)11)4-14-8(15)12-13-9(14)16/h1-3H,4H2,(H,12,15)(H,13,16). The van der Waals surface area contributed by atoms with Crippen LogP contribution in [0, 0.1) is 10.6 Å². The van der Waals surface area contributed by atoms with Crippen LogP contribution in [0.3, 0.4) is 0 Å². The molecule has 0 radical (unpaired) electrons. The van der Waals surface area contributed by atoms with E-state index in [0.29, 0.717) is 5.56 Å². The van der Waals surface area contributed by atoms with Crippen molar-refractivity contribution in [1.29, 1.82) is 0 Å². The molecule has 2 rings (SSSR count). The lowest BCUT2D eigenvalue weighted by Gasteiger charge is -2.02. The summed E-state index contributed by atoms with van der Waals surface area (Å²) in [4.78, 5) is 11.3. The molecule has 1 heterocycles. The number of H-pyrrole nitrogens is 2. The zero-order valence-electron chi connectivity index (χ0n) is 7.96. The molecule has 0 spiro atoms. The smallest absolute Gasteiger partial charge is 0.272 e. The largest absolute Gasteiger partial charge is 0.342 e. The van der Waals surface area contributed by atoms with Crippen LogP contribution in [0.4, 0.5) is 4.39 Å². The maximum Gasteiger partial charge on any atom is 0.342 e. The van der Waals surface area contributed by atoms with Crippen LogP contribution in [0.1, 0.15) is 5.56 Å². The van der Waals surface area contributed by atoms with E-state index in [2.05, 4.69) is 10.2 Å². The van der Waals surface area contributed by atoms with Crippen LogP contribution in [0.25, 0.3) is 0 Å². The van der Waals surface area contributed by atoms with Gasteiger partial charge in [0.2, 0.25) is 0 Å². The van der Waals surface area contributed by atoms with Crippen molar-refractivity contribution in [1.82, 2.24) is 14.8 Å². The number of aromatic nitrogens is 3. The first-order valence-electron chi connectivity index (χ1n) is 4.39. The van der Waals surface area contributed by atoms with Crippen molar-refractivity contribution in [2.45, 2.75) is 6.54 Å². The van der Waals surface area contributed by atoms with Crippen molar-refractivity contribution in [3.05, 3.63) is 49.9 Å². The highest BCUT2D eigenvalue weighted by Crippen LogP contribution is 2.16. The molecule has 1 aromatic carbocycles. The van der Waals surface area contributed by atoms with Gasteiger partial charge in [-0.1, -0.05) is 17.7 Å². The molecular formula is C9H7ClFN3OS. The van der Waals surface area contributed by atoms with Gasteiger partial charge in [-0.15, -0.1) is 0 Å². The van der Waals surface area contributed by atoms with Crippen LogP contribution in [-0.4, -0.2) is 14.8 Å². The van der Waals surface area contributed by atoms with Crippen LogP contribution >= 0.6 is 23.8 Å². The third kappa shape index (κ3) is 2.07. The van der Waals surface area contributed by atoms with Crippen molar-refractivity contribution < 1.29 is 4.39 Å². The van der Waals surface area contributed by atoms with Crippen molar-refractivity contribution in [3.63, 3.8) is 0 Å². The molecule has 0 atom stereocenters. The van der Waals surface area contributed by atoms with Crippen molar-refractivity contribution in [2.75, 3.05) is 0 Å². The maximum atomic E-state index is 12.9. The summed E-state index contributed by atoms with van der Waals surface area (Å²) >= 11 is 10.5. The molecule has 0 fully saturated rings. The number of hydrogen-bond acceptors (Lipinski definition) is 2. The van der Waals surface area contributed by atoms with Crippen LogP contribution in [0.5, 0.6) is 0 Å². The van der Waals surface area contributed by atoms with E-state index in [-0.39, 0.29) is 22.0 Å². The van der Waals surface area contributed by atoms with Gasteiger partial charge in [-0.3, -0.25) is 9.67 Å². The van der Waals surface area contributed by atoms with Gasteiger partial charge in [0, 0.05) is 0 Å². The first-order valence-corrected chi connectivity index (χ1v) is 5.18. The maximum absolute atomic E-state index is 12.9. The second kappa shape index (κ2) is 4.23. The van der Waals surface area contributed by atoms with E-state index < -0.39 is 5.82 Å². The zero-order chi connectivity index (χ0) is 11.7. The number of hydrogen-bond donors (Lipinski definition) is 2. The summed E-state index contributed by atoms with van der Waals surface area (Å²) < 4.78 is 14.5. The lowest BCUT2D eigenvalue weighted by Crippen LogP contribution is -2.17. The van der Waals surface area contributed by atoms with Gasteiger partial charge >= 0.3 is 5.69 Å². The Morgan fingerprint density at radius 1 is 1.44 bits per heavy atom. The Labute approximate surface area is 99.7 Å². The van der Waals surface area contributed by atoms with Gasteiger partial charge in [0.15, 0.2) is 4.77 Å². The number of aromatic amines is 2. The molecule has 4 nitrogen and oxygen atoms in total. The van der Waals surface area contributed by atoms with Gasteiger partial charge in [0.25, 0.3) is 0 Å². The Bertz CT molecular complexity index is 603. The minimum Gasteiger partial charge on any atom is -0.272 e. The fraction of sp³-hybridized carbons (Fsp3) is 0.111. The van der Waals surface area contributed by atoms with E-state index in [1.165, 1.54) is 16.7 Å². The summed E-state index contributed by atoms with van der Waals surface area (Å²) in [5, 5.41) is 4.89. The number of halogens is 2. The zero-order valence-corrected chi connectivity index (χ0v) is 9.53. The van der Waals surface area contributed by atoms with Crippen molar-refractivity contribution in [3.8, 4) is 0 Å². The van der Waals surface area contributed by atoms with Crippen LogP contribution in [-0.2, 0) is 6.54 Å². The molecule has 84 valence electrons. The molecule has 0 aliphatic carbocycles. The van der Waals surface area contributed by atoms with E-state index in [0.717, 1.165) is 0 Å². The van der Waals surface area contributed by atoms with Crippen molar-refractivity contribution >= 4 is 23.8 Å². The van der Waals surface area contributed by atoms with Crippen LogP contribution in [0.2, 0.25) is 5.02 Å². The van der Waals surface area contributed by atoms with E-state index in [9.17, 15) is 9.18 Å². The molecule has 1 aromatic heterocycles. The molecule has 0 amide bonds. The fourth-order valence-corrected chi connectivity index (χ4v) is 1.70. The quantitative estimate of drug-likeness (QED) is 0.812. The van der Waals surface area contributed by atoms with E-state index in [1.54, 1.807) is 6.07 Å². The first kappa shape index (κ1) is 11.1. The highest BCUT2D eigenvalue weighted by molar-refractivity contribution is 7.71. The lowest BCUT2D eigenvalue weighted by atomic mass is 10.2. The molecule has 0 saturated carbocycles. The SMILES string of the molecule is O=c1[nH][nH]c(=S)n1Cc1ccc(F)c(Cl)c1. The van der Waals surface area contributed by atoms with Gasteiger partial charge < -0.3 is 0 Å². The predicted molar refractivity (Wildman–Crippen MR) is 60.7 cm³/mol. The monoisotopic (exact) mass is 259 g/mol.